The van der Waals surface area contributed by atoms with Crippen molar-refractivity contribution in [2.24, 2.45) is 0 Å². The van der Waals surface area contributed by atoms with Gasteiger partial charge in [-0.1, -0.05) is 6.08 Å². The molecule has 0 unspecified atom stereocenters. The van der Waals surface area contributed by atoms with Gasteiger partial charge in [0.15, 0.2) is 0 Å². The third-order valence-electron chi connectivity index (χ3n) is 1.43. The van der Waals surface area contributed by atoms with Crippen LogP contribution in [0.4, 0.5) is 0 Å². The Bertz CT molecular complexity index is 199. The van der Waals surface area contributed by atoms with E-state index in [4.69, 9.17) is 5.11 Å². The number of carboxylic acids is 1. The van der Waals surface area contributed by atoms with Crippen LogP contribution in [0, 0.1) is 0 Å². The van der Waals surface area contributed by atoms with Crippen molar-refractivity contribution in [1.82, 2.24) is 5.32 Å². The largest absolute Gasteiger partial charge is 0.478 e. The first kappa shape index (κ1) is 11.7. The molecule has 13 heavy (non-hydrogen) atoms. The van der Waals surface area contributed by atoms with Crippen LogP contribution in [0.5, 0.6) is 0 Å². The first-order valence-electron chi connectivity index (χ1n) is 4.27. The molecule has 0 aliphatic carbocycles. The summed E-state index contributed by atoms with van der Waals surface area (Å²) in [6.45, 7) is 2.14. The average Bonchev–Trinajstić information content (AvgIpc) is 2.01. The highest BCUT2D eigenvalue weighted by Gasteiger charge is 1.90. The maximum atomic E-state index is 10.4. The summed E-state index contributed by atoms with van der Waals surface area (Å²) in [7, 11) is 0. The fourth-order valence-corrected chi connectivity index (χ4v) is 0.836. The van der Waals surface area contributed by atoms with Crippen LogP contribution < -0.4 is 5.32 Å². The van der Waals surface area contributed by atoms with Crippen LogP contribution in [0.15, 0.2) is 12.2 Å². The van der Waals surface area contributed by atoms with Crippen LogP contribution in [-0.2, 0) is 9.59 Å². The average molecular weight is 185 g/mol. The summed E-state index contributed by atoms with van der Waals surface area (Å²) >= 11 is 0. The topological polar surface area (TPSA) is 66.4 Å². The second kappa shape index (κ2) is 7.34. The van der Waals surface area contributed by atoms with Gasteiger partial charge in [0.1, 0.15) is 0 Å². The molecule has 0 rings (SSSR count). The zero-order valence-corrected chi connectivity index (χ0v) is 7.75. The lowest BCUT2D eigenvalue weighted by Crippen LogP contribution is -2.20. The smallest absolute Gasteiger partial charge is 0.327 e. The van der Waals surface area contributed by atoms with Gasteiger partial charge in [0, 0.05) is 19.5 Å². The van der Waals surface area contributed by atoms with Crippen LogP contribution in [0.3, 0.4) is 0 Å². The summed E-state index contributed by atoms with van der Waals surface area (Å²) in [5.74, 6) is -0.942. The molecule has 0 atom stereocenters. The molecule has 0 heterocycles. The first-order valence-corrected chi connectivity index (χ1v) is 4.27. The van der Waals surface area contributed by atoms with Crippen molar-refractivity contribution < 1.29 is 14.7 Å². The number of unbranched alkanes of at least 4 members (excludes halogenated alkanes) is 2. The zero-order valence-electron chi connectivity index (χ0n) is 7.75. The van der Waals surface area contributed by atoms with E-state index in [2.05, 4.69) is 5.32 Å². The van der Waals surface area contributed by atoms with E-state index in [1.165, 1.54) is 6.92 Å². The summed E-state index contributed by atoms with van der Waals surface area (Å²) in [5.41, 5.74) is 0. The monoisotopic (exact) mass is 185 g/mol. The van der Waals surface area contributed by atoms with Crippen LogP contribution in [-0.4, -0.2) is 23.5 Å². The number of carboxylic acid groups (broad SMARTS) is 1. The molecule has 0 aliphatic heterocycles. The minimum absolute atomic E-state index is 0.0268. The molecule has 0 fully saturated rings. The Balaban J connectivity index is 3.17. The number of carbonyl (C=O) groups excluding carboxylic acids is 1. The van der Waals surface area contributed by atoms with Gasteiger partial charge in [-0.3, -0.25) is 4.79 Å². The van der Waals surface area contributed by atoms with Gasteiger partial charge < -0.3 is 10.4 Å². The summed E-state index contributed by atoms with van der Waals surface area (Å²) in [4.78, 5) is 20.5. The molecule has 0 aliphatic rings. The normalized spacial score (nSPS) is 10.2. The number of amides is 1. The fraction of sp³-hybridized carbons (Fsp3) is 0.556. The van der Waals surface area contributed by atoms with Gasteiger partial charge in [0.25, 0.3) is 0 Å². The minimum atomic E-state index is -0.915. The van der Waals surface area contributed by atoms with Crippen LogP contribution in [0.1, 0.15) is 26.2 Å². The second-order valence-corrected chi connectivity index (χ2v) is 2.72. The molecule has 0 aromatic heterocycles. The minimum Gasteiger partial charge on any atom is -0.478 e. The van der Waals surface area contributed by atoms with Crippen LogP contribution >= 0.6 is 0 Å². The van der Waals surface area contributed by atoms with Gasteiger partial charge in [0.2, 0.25) is 5.91 Å². The van der Waals surface area contributed by atoms with E-state index in [0.29, 0.717) is 6.54 Å². The predicted molar refractivity (Wildman–Crippen MR) is 49.3 cm³/mol. The summed E-state index contributed by atoms with van der Waals surface area (Å²) in [6.07, 6.45) is 5.27. The summed E-state index contributed by atoms with van der Waals surface area (Å²) < 4.78 is 0. The van der Waals surface area contributed by atoms with E-state index >= 15 is 0 Å². The molecule has 0 spiro atoms. The molecule has 0 saturated heterocycles. The van der Waals surface area contributed by atoms with Crippen molar-refractivity contribution in [3.05, 3.63) is 12.2 Å². The molecule has 74 valence electrons. The molecule has 4 nitrogen and oxygen atoms in total. The predicted octanol–water partition coefficient (Wildman–Crippen LogP) is 0.934. The SMILES string of the molecule is CC(=O)NCCCC/C=C/C(=O)O. The second-order valence-electron chi connectivity index (χ2n) is 2.72. The first-order chi connectivity index (χ1) is 6.13. The number of aliphatic carboxylic acids is 1. The Hall–Kier alpha value is -1.32. The van der Waals surface area contributed by atoms with Crippen molar-refractivity contribution in [2.75, 3.05) is 6.54 Å². The van der Waals surface area contributed by atoms with E-state index in [-0.39, 0.29) is 5.91 Å². The van der Waals surface area contributed by atoms with E-state index in [1.54, 1.807) is 6.08 Å². The third-order valence-corrected chi connectivity index (χ3v) is 1.43. The Labute approximate surface area is 77.6 Å². The Morgan fingerprint density at radius 1 is 1.38 bits per heavy atom. The quantitative estimate of drug-likeness (QED) is 0.478. The highest BCUT2D eigenvalue weighted by Crippen LogP contribution is 1.95. The highest BCUT2D eigenvalue weighted by atomic mass is 16.4. The highest BCUT2D eigenvalue weighted by molar-refractivity contribution is 5.79. The van der Waals surface area contributed by atoms with Gasteiger partial charge in [-0.05, 0) is 19.3 Å². The summed E-state index contributed by atoms with van der Waals surface area (Å²) in [5, 5.41) is 10.9. The van der Waals surface area contributed by atoms with Crippen molar-refractivity contribution >= 4 is 11.9 Å². The van der Waals surface area contributed by atoms with Crippen molar-refractivity contribution in [3.63, 3.8) is 0 Å². The molecule has 2 N–H and O–H groups in total. The number of allylic oxidation sites excluding steroid dienone is 1. The van der Waals surface area contributed by atoms with Crippen molar-refractivity contribution in [2.45, 2.75) is 26.2 Å². The lowest BCUT2D eigenvalue weighted by Gasteiger charge is -1.98. The van der Waals surface area contributed by atoms with Gasteiger partial charge in [-0.25, -0.2) is 4.79 Å². The lowest BCUT2D eigenvalue weighted by molar-refractivity contribution is -0.131. The maximum absolute atomic E-state index is 10.4. The maximum Gasteiger partial charge on any atom is 0.327 e. The molecule has 0 aromatic carbocycles. The van der Waals surface area contributed by atoms with Gasteiger partial charge in [0.05, 0.1) is 0 Å². The Morgan fingerprint density at radius 3 is 2.62 bits per heavy atom. The van der Waals surface area contributed by atoms with E-state index in [1.807, 2.05) is 0 Å². The summed E-state index contributed by atoms with van der Waals surface area (Å²) in [6, 6.07) is 0. The molecule has 4 heteroatoms. The number of carbonyl (C=O) groups is 2. The molecule has 0 aromatic rings. The molecule has 0 saturated carbocycles. The number of rotatable bonds is 6. The van der Waals surface area contributed by atoms with E-state index < -0.39 is 5.97 Å². The van der Waals surface area contributed by atoms with Crippen LogP contribution in [0.2, 0.25) is 0 Å². The van der Waals surface area contributed by atoms with E-state index in [0.717, 1.165) is 25.3 Å². The van der Waals surface area contributed by atoms with Gasteiger partial charge >= 0.3 is 5.97 Å². The number of hydrogen-bond acceptors (Lipinski definition) is 2. The van der Waals surface area contributed by atoms with E-state index in [9.17, 15) is 9.59 Å². The van der Waals surface area contributed by atoms with Gasteiger partial charge in [-0.2, -0.15) is 0 Å². The lowest BCUT2D eigenvalue weighted by atomic mass is 10.2. The third kappa shape index (κ3) is 10.7. The van der Waals surface area contributed by atoms with Crippen molar-refractivity contribution in [1.29, 1.82) is 0 Å². The fourth-order valence-electron chi connectivity index (χ4n) is 0.836. The molecule has 0 bridgehead atoms. The number of nitrogens with one attached hydrogen (secondary N) is 1. The standard InChI is InChI=1S/C9H15NO3/c1-8(11)10-7-5-3-2-4-6-9(12)13/h4,6H,2-3,5,7H2,1H3,(H,10,11)(H,12,13)/b6-4+. The van der Waals surface area contributed by atoms with Gasteiger partial charge in [-0.15, -0.1) is 0 Å². The Morgan fingerprint density at radius 2 is 2.08 bits per heavy atom. The molecular weight excluding hydrogens is 170 g/mol. The molecule has 1 amide bonds. The zero-order chi connectivity index (χ0) is 10.1. The molecule has 0 radical (unpaired) electrons. The van der Waals surface area contributed by atoms with Crippen LogP contribution in [0.25, 0.3) is 0 Å². The van der Waals surface area contributed by atoms with Crippen molar-refractivity contribution in [3.8, 4) is 0 Å². The number of hydrogen-bond donors (Lipinski definition) is 2. The molecular formula is C9H15NO3. The Kier molecular flexibility index (Phi) is 6.59.